The first-order chi connectivity index (χ1) is 10.0. The quantitative estimate of drug-likeness (QED) is 0.848. The van der Waals surface area contributed by atoms with E-state index in [-0.39, 0.29) is 12.5 Å². The van der Waals surface area contributed by atoms with E-state index in [9.17, 15) is 4.79 Å². The van der Waals surface area contributed by atoms with Gasteiger partial charge in [-0.15, -0.1) is 0 Å². The second-order valence-corrected chi connectivity index (χ2v) is 6.03. The van der Waals surface area contributed by atoms with Gasteiger partial charge in [0.05, 0.1) is 0 Å². The molecule has 0 aliphatic carbocycles. The lowest BCUT2D eigenvalue weighted by atomic mass is 9.95. The Labute approximate surface area is 127 Å². The van der Waals surface area contributed by atoms with E-state index in [1.165, 1.54) is 0 Å². The molecule has 0 spiro atoms. The van der Waals surface area contributed by atoms with Crippen LogP contribution in [-0.2, 0) is 0 Å². The molecule has 1 atom stereocenters. The van der Waals surface area contributed by atoms with Gasteiger partial charge in [0, 0.05) is 24.2 Å². The van der Waals surface area contributed by atoms with E-state index >= 15 is 0 Å². The lowest BCUT2D eigenvalue weighted by molar-refractivity contribution is 0.0784. The van der Waals surface area contributed by atoms with Crippen molar-refractivity contribution in [3.8, 4) is 11.8 Å². The molecule has 3 heteroatoms. The first kappa shape index (κ1) is 15.6. The number of rotatable bonds is 2. The number of aliphatic hydroxyl groups is 1. The van der Waals surface area contributed by atoms with Crippen molar-refractivity contribution in [2.75, 3.05) is 19.7 Å². The molecule has 0 radical (unpaired) electrons. The Morgan fingerprint density at radius 2 is 2.24 bits per heavy atom. The number of nitrogens with zero attached hydrogens (tertiary/aromatic N) is 1. The third kappa shape index (κ3) is 3.65. The summed E-state index contributed by atoms with van der Waals surface area (Å²) in [5.74, 6) is 6.89. The van der Waals surface area contributed by atoms with E-state index in [4.69, 9.17) is 5.11 Å². The Morgan fingerprint density at radius 1 is 1.48 bits per heavy atom. The molecule has 1 unspecified atom stereocenters. The van der Waals surface area contributed by atoms with E-state index < -0.39 is 0 Å². The van der Waals surface area contributed by atoms with Crippen molar-refractivity contribution in [1.29, 1.82) is 0 Å². The molecule has 112 valence electrons. The van der Waals surface area contributed by atoms with E-state index in [0.29, 0.717) is 11.8 Å². The van der Waals surface area contributed by atoms with Gasteiger partial charge in [0.25, 0.3) is 5.91 Å². The highest BCUT2D eigenvalue weighted by molar-refractivity contribution is 5.94. The molecular weight excluding hydrogens is 262 g/mol. The van der Waals surface area contributed by atoms with Crippen LogP contribution in [0.1, 0.15) is 41.8 Å². The van der Waals surface area contributed by atoms with Crippen LogP contribution in [0.15, 0.2) is 18.2 Å². The maximum atomic E-state index is 12.5. The minimum Gasteiger partial charge on any atom is -0.384 e. The summed E-state index contributed by atoms with van der Waals surface area (Å²) >= 11 is 0. The highest BCUT2D eigenvalue weighted by atomic mass is 16.2. The van der Waals surface area contributed by atoms with Gasteiger partial charge in [0.2, 0.25) is 0 Å². The van der Waals surface area contributed by atoms with Crippen LogP contribution in [0.2, 0.25) is 0 Å². The van der Waals surface area contributed by atoms with Crippen molar-refractivity contribution in [3.05, 3.63) is 34.9 Å². The number of benzene rings is 1. The lowest BCUT2D eigenvalue weighted by Gasteiger charge is -2.18. The largest absolute Gasteiger partial charge is 0.384 e. The van der Waals surface area contributed by atoms with Gasteiger partial charge < -0.3 is 10.0 Å². The number of aliphatic hydroxyl groups excluding tert-OH is 1. The van der Waals surface area contributed by atoms with Gasteiger partial charge in [-0.1, -0.05) is 25.7 Å². The van der Waals surface area contributed by atoms with Crippen LogP contribution in [0.4, 0.5) is 0 Å². The van der Waals surface area contributed by atoms with Gasteiger partial charge >= 0.3 is 0 Å². The summed E-state index contributed by atoms with van der Waals surface area (Å²) in [6.07, 6.45) is 1.10. The number of likely N-dealkylation sites (tertiary alicyclic amines) is 1. The molecule has 1 aliphatic rings. The molecule has 1 aromatic carbocycles. The Bertz CT molecular complexity index is 581. The topological polar surface area (TPSA) is 40.5 Å². The van der Waals surface area contributed by atoms with Crippen LogP contribution in [0, 0.1) is 30.6 Å². The number of amides is 1. The minimum atomic E-state index is -0.148. The second-order valence-electron chi connectivity index (χ2n) is 6.03. The molecule has 2 rings (SSSR count). The highest BCUT2D eigenvalue weighted by Gasteiger charge is 2.28. The first-order valence-corrected chi connectivity index (χ1v) is 7.52. The van der Waals surface area contributed by atoms with Crippen LogP contribution in [0.3, 0.4) is 0 Å². The predicted octanol–water partition coefficient (Wildman–Crippen LogP) is 2.46. The summed E-state index contributed by atoms with van der Waals surface area (Å²) in [6, 6.07) is 5.59. The Morgan fingerprint density at radius 3 is 2.81 bits per heavy atom. The predicted molar refractivity (Wildman–Crippen MR) is 84.0 cm³/mol. The van der Waals surface area contributed by atoms with E-state index in [0.717, 1.165) is 36.2 Å². The zero-order valence-electron chi connectivity index (χ0n) is 13.0. The highest BCUT2D eigenvalue weighted by Crippen LogP contribution is 2.25. The van der Waals surface area contributed by atoms with Crippen LogP contribution in [-0.4, -0.2) is 35.6 Å². The Kier molecular flexibility index (Phi) is 5.03. The van der Waals surface area contributed by atoms with Gasteiger partial charge in [0.15, 0.2) is 0 Å². The summed E-state index contributed by atoms with van der Waals surface area (Å²) in [4.78, 5) is 14.5. The molecule has 0 saturated carbocycles. The zero-order valence-corrected chi connectivity index (χ0v) is 13.0. The van der Waals surface area contributed by atoms with Crippen molar-refractivity contribution < 1.29 is 9.90 Å². The van der Waals surface area contributed by atoms with Gasteiger partial charge in [-0.3, -0.25) is 4.79 Å². The summed E-state index contributed by atoms with van der Waals surface area (Å²) < 4.78 is 0. The standard InChI is InChI=1S/C18H23NO2/c1-13(2)17-8-9-19(12-17)18(21)16-7-6-15(5-4-10-20)14(3)11-16/h6-7,11,13,17,20H,8-10,12H2,1-3H3. The Balaban J connectivity index is 2.12. The normalized spacial score (nSPS) is 17.8. The van der Waals surface area contributed by atoms with Gasteiger partial charge in [0.1, 0.15) is 6.61 Å². The molecule has 1 amide bonds. The summed E-state index contributed by atoms with van der Waals surface area (Å²) in [5.41, 5.74) is 2.56. The van der Waals surface area contributed by atoms with E-state index in [2.05, 4.69) is 25.7 Å². The monoisotopic (exact) mass is 285 g/mol. The minimum absolute atomic E-state index is 0.114. The van der Waals surface area contributed by atoms with Crippen LogP contribution < -0.4 is 0 Å². The van der Waals surface area contributed by atoms with Crippen LogP contribution >= 0.6 is 0 Å². The average molecular weight is 285 g/mol. The van der Waals surface area contributed by atoms with Crippen molar-refractivity contribution >= 4 is 5.91 Å². The molecule has 21 heavy (non-hydrogen) atoms. The van der Waals surface area contributed by atoms with Crippen LogP contribution in [0.25, 0.3) is 0 Å². The van der Waals surface area contributed by atoms with Crippen molar-refractivity contribution in [1.82, 2.24) is 4.90 Å². The summed E-state index contributed by atoms with van der Waals surface area (Å²) in [7, 11) is 0. The molecule has 3 nitrogen and oxygen atoms in total. The van der Waals surface area contributed by atoms with E-state index in [1.807, 2.05) is 30.0 Å². The molecular formula is C18H23NO2. The average Bonchev–Trinajstić information content (AvgIpc) is 2.95. The second kappa shape index (κ2) is 6.78. The van der Waals surface area contributed by atoms with Crippen molar-refractivity contribution in [3.63, 3.8) is 0 Å². The third-order valence-electron chi connectivity index (χ3n) is 4.23. The molecule has 0 aromatic heterocycles. The number of aryl methyl sites for hydroxylation is 1. The van der Waals surface area contributed by atoms with Gasteiger partial charge in [-0.05, 0) is 48.9 Å². The summed E-state index contributed by atoms with van der Waals surface area (Å²) in [6.45, 7) is 7.95. The number of carbonyl (C=O) groups is 1. The Hall–Kier alpha value is -1.79. The van der Waals surface area contributed by atoms with Crippen molar-refractivity contribution in [2.45, 2.75) is 27.2 Å². The molecule has 1 N–H and O–H groups in total. The maximum absolute atomic E-state index is 12.5. The zero-order chi connectivity index (χ0) is 15.4. The molecule has 0 bridgehead atoms. The lowest BCUT2D eigenvalue weighted by Crippen LogP contribution is -2.29. The summed E-state index contributed by atoms with van der Waals surface area (Å²) in [5, 5.41) is 8.74. The van der Waals surface area contributed by atoms with Gasteiger partial charge in [-0.2, -0.15) is 0 Å². The number of hydrogen-bond acceptors (Lipinski definition) is 2. The molecule has 1 heterocycles. The molecule has 1 saturated heterocycles. The number of carbonyl (C=O) groups excluding carboxylic acids is 1. The first-order valence-electron chi connectivity index (χ1n) is 7.52. The van der Waals surface area contributed by atoms with Gasteiger partial charge in [-0.25, -0.2) is 0 Å². The smallest absolute Gasteiger partial charge is 0.253 e. The molecule has 1 aromatic rings. The fourth-order valence-corrected chi connectivity index (χ4v) is 2.77. The van der Waals surface area contributed by atoms with Crippen molar-refractivity contribution in [2.24, 2.45) is 11.8 Å². The SMILES string of the molecule is Cc1cc(C(=O)N2CCC(C(C)C)C2)ccc1C#CCO. The fraction of sp³-hybridized carbons (Fsp3) is 0.500. The fourth-order valence-electron chi connectivity index (χ4n) is 2.77. The molecule has 1 fully saturated rings. The van der Waals surface area contributed by atoms with Crippen LogP contribution in [0.5, 0.6) is 0 Å². The van der Waals surface area contributed by atoms with E-state index in [1.54, 1.807) is 0 Å². The maximum Gasteiger partial charge on any atom is 0.253 e. The molecule has 1 aliphatic heterocycles. The number of hydrogen-bond donors (Lipinski definition) is 1. The third-order valence-corrected chi connectivity index (χ3v) is 4.23.